The van der Waals surface area contributed by atoms with Crippen LogP contribution in [-0.2, 0) is 14.6 Å². The first kappa shape index (κ1) is 16.4. The summed E-state index contributed by atoms with van der Waals surface area (Å²) < 4.78 is 29.5. The minimum Gasteiger partial charge on any atom is -0.379 e. The zero-order valence-electron chi connectivity index (χ0n) is 11.0. The van der Waals surface area contributed by atoms with Crippen LogP contribution >= 0.6 is 12.4 Å². The largest absolute Gasteiger partial charge is 0.379 e. The SMILES string of the molecule is Cc1ccc(S(=O)(=O)CCN2CCOCC2)cc1.Cl. The Hall–Kier alpha value is -0.620. The molecular weight excluding hydrogens is 286 g/mol. The highest BCUT2D eigenvalue weighted by molar-refractivity contribution is 7.91. The number of hydrogen-bond acceptors (Lipinski definition) is 4. The van der Waals surface area contributed by atoms with Crippen LogP contribution in [0.15, 0.2) is 29.2 Å². The highest BCUT2D eigenvalue weighted by atomic mass is 35.5. The number of aryl methyl sites for hydroxylation is 1. The fourth-order valence-electron chi connectivity index (χ4n) is 1.94. The van der Waals surface area contributed by atoms with E-state index in [1.54, 1.807) is 12.1 Å². The Morgan fingerprint density at radius 1 is 1.16 bits per heavy atom. The molecule has 2 rings (SSSR count). The van der Waals surface area contributed by atoms with Crippen LogP contribution in [0.3, 0.4) is 0 Å². The summed E-state index contributed by atoms with van der Waals surface area (Å²) in [7, 11) is -3.16. The van der Waals surface area contributed by atoms with Crippen LogP contribution < -0.4 is 0 Å². The maximum atomic E-state index is 12.1. The Bertz CT molecular complexity index is 481. The summed E-state index contributed by atoms with van der Waals surface area (Å²) in [5.41, 5.74) is 1.07. The van der Waals surface area contributed by atoms with E-state index in [0.717, 1.165) is 18.7 Å². The van der Waals surface area contributed by atoms with Gasteiger partial charge in [-0.2, -0.15) is 0 Å². The fraction of sp³-hybridized carbons (Fsp3) is 0.538. The topological polar surface area (TPSA) is 46.6 Å². The highest BCUT2D eigenvalue weighted by Gasteiger charge is 2.17. The summed E-state index contributed by atoms with van der Waals surface area (Å²) in [6, 6.07) is 7.04. The highest BCUT2D eigenvalue weighted by Crippen LogP contribution is 2.12. The summed E-state index contributed by atoms with van der Waals surface area (Å²) in [4.78, 5) is 2.55. The number of morpholine rings is 1. The average Bonchev–Trinajstić information content (AvgIpc) is 2.38. The summed E-state index contributed by atoms with van der Waals surface area (Å²) in [5, 5.41) is 0. The number of sulfone groups is 1. The van der Waals surface area contributed by atoms with E-state index >= 15 is 0 Å². The lowest BCUT2D eigenvalue weighted by Gasteiger charge is -2.26. The maximum absolute atomic E-state index is 12.1. The van der Waals surface area contributed by atoms with E-state index in [1.807, 2.05) is 19.1 Å². The minimum atomic E-state index is -3.16. The molecule has 0 amide bonds. The molecule has 0 atom stereocenters. The van der Waals surface area contributed by atoms with Crippen molar-refractivity contribution >= 4 is 22.2 Å². The van der Waals surface area contributed by atoms with Gasteiger partial charge in [0.25, 0.3) is 0 Å². The Balaban J connectivity index is 0.00000180. The van der Waals surface area contributed by atoms with Crippen molar-refractivity contribution < 1.29 is 13.2 Å². The fourth-order valence-corrected chi connectivity index (χ4v) is 3.22. The lowest BCUT2D eigenvalue weighted by molar-refractivity contribution is 0.0408. The monoisotopic (exact) mass is 305 g/mol. The second kappa shape index (κ2) is 7.24. The Morgan fingerprint density at radius 2 is 1.74 bits per heavy atom. The van der Waals surface area contributed by atoms with Crippen LogP contribution in [0.5, 0.6) is 0 Å². The van der Waals surface area contributed by atoms with Crippen molar-refractivity contribution in [2.75, 3.05) is 38.6 Å². The van der Waals surface area contributed by atoms with Crippen molar-refractivity contribution in [3.63, 3.8) is 0 Å². The van der Waals surface area contributed by atoms with Gasteiger partial charge >= 0.3 is 0 Å². The van der Waals surface area contributed by atoms with Gasteiger partial charge in [-0.15, -0.1) is 12.4 Å². The molecular formula is C13H20ClNO3S. The minimum absolute atomic E-state index is 0. The molecule has 0 unspecified atom stereocenters. The molecule has 1 heterocycles. The first-order valence-electron chi connectivity index (χ1n) is 6.17. The third kappa shape index (κ3) is 4.76. The third-order valence-corrected chi connectivity index (χ3v) is 4.87. The molecule has 0 spiro atoms. The van der Waals surface area contributed by atoms with E-state index in [4.69, 9.17) is 4.74 Å². The first-order valence-corrected chi connectivity index (χ1v) is 7.83. The lowest BCUT2D eigenvalue weighted by atomic mass is 10.2. The molecule has 0 aliphatic carbocycles. The van der Waals surface area contributed by atoms with Gasteiger partial charge in [0, 0.05) is 19.6 Å². The summed E-state index contributed by atoms with van der Waals surface area (Å²) in [6.45, 7) is 5.58. The maximum Gasteiger partial charge on any atom is 0.179 e. The number of hydrogen-bond donors (Lipinski definition) is 0. The second-order valence-electron chi connectivity index (χ2n) is 4.59. The normalized spacial score (nSPS) is 16.9. The molecule has 0 saturated carbocycles. The van der Waals surface area contributed by atoms with E-state index in [0.29, 0.717) is 24.7 Å². The standard InChI is InChI=1S/C13H19NO3S.ClH/c1-12-2-4-13(5-3-12)18(15,16)11-8-14-6-9-17-10-7-14;/h2-5H,6-11H2,1H3;1H. The summed E-state index contributed by atoms with van der Waals surface area (Å²) in [5.74, 6) is 0.177. The lowest BCUT2D eigenvalue weighted by Crippen LogP contribution is -2.39. The van der Waals surface area contributed by atoms with Gasteiger partial charge in [0.2, 0.25) is 0 Å². The molecule has 6 heteroatoms. The zero-order chi connectivity index (χ0) is 13.0. The first-order chi connectivity index (χ1) is 8.58. The van der Waals surface area contributed by atoms with Crippen molar-refractivity contribution in [1.29, 1.82) is 0 Å². The van der Waals surface area contributed by atoms with Crippen molar-refractivity contribution in [2.24, 2.45) is 0 Å². The molecule has 1 aromatic carbocycles. The van der Waals surface area contributed by atoms with Crippen molar-refractivity contribution in [3.8, 4) is 0 Å². The zero-order valence-corrected chi connectivity index (χ0v) is 12.7. The average molecular weight is 306 g/mol. The molecule has 4 nitrogen and oxygen atoms in total. The smallest absolute Gasteiger partial charge is 0.179 e. The molecule has 0 bridgehead atoms. The van der Waals surface area contributed by atoms with Crippen molar-refractivity contribution in [1.82, 2.24) is 4.90 Å². The molecule has 19 heavy (non-hydrogen) atoms. The van der Waals surface area contributed by atoms with Gasteiger partial charge in [-0.25, -0.2) is 8.42 Å². The number of nitrogens with zero attached hydrogens (tertiary/aromatic N) is 1. The van der Waals surface area contributed by atoms with Gasteiger partial charge in [-0.3, -0.25) is 4.90 Å². The van der Waals surface area contributed by atoms with Crippen LogP contribution in [0.4, 0.5) is 0 Å². The van der Waals surface area contributed by atoms with Crippen molar-refractivity contribution in [2.45, 2.75) is 11.8 Å². The van der Waals surface area contributed by atoms with E-state index in [-0.39, 0.29) is 18.2 Å². The Morgan fingerprint density at radius 3 is 2.32 bits per heavy atom. The predicted molar refractivity (Wildman–Crippen MR) is 77.7 cm³/mol. The van der Waals surface area contributed by atoms with Crippen LogP contribution in [0.2, 0.25) is 0 Å². The quantitative estimate of drug-likeness (QED) is 0.846. The molecule has 0 aromatic heterocycles. The number of benzene rings is 1. The molecule has 0 N–H and O–H groups in total. The molecule has 1 aliphatic heterocycles. The van der Waals surface area contributed by atoms with Crippen LogP contribution in [-0.4, -0.2) is 51.9 Å². The second-order valence-corrected chi connectivity index (χ2v) is 6.70. The van der Waals surface area contributed by atoms with Crippen molar-refractivity contribution in [3.05, 3.63) is 29.8 Å². The van der Waals surface area contributed by atoms with Crippen LogP contribution in [0.25, 0.3) is 0 Å². The molecule has 0 radical (unpaired) electrons. The van der Waals surface area contributed by atoms with Crippen LogP contribution in [0.1, 0.15) is 5.56 Å². The van der Waals surface area contributed by atoms with Gasteiger partial charge in [-0.05, 0) is 19.1 Å². The molecule has 1 aliphatic rings. The van der Waals surface area contributed by atoms with E-state index < -0.39 is 9.84 Å². The number of rotatable bonds is 4. The number of halogens is 1. The number of ether oxygens (including phenoxy) is 1. The van der Waals surface area contributed by atoms with Gasteiger partial charge in [0.15, 0.2) is 9.84 Å². The molecule has 1 fully saturated rings. The summed E-state index contributed by atoms with van der Waals surface area (Å²) in [6.07, 6.45) is 0. The molecule has 1 aromatic rings. The Kier molecular flexibility index (Phi) is 6.26. The molecule has 108 valence electrons. The van der Waals surface area contributed by atoms with Gasteiger partial charge < -0.3 is 4.74 Å². The van der Waals surface area contributed by atoms with E-state index in [2.05, 4.69) is 4.90 Å². The Labute approximate surface area is 121 Å². The van der Waals surface area contributed by atoms with E-state index in [1.165, 1.54) is 0 Å². The third-order valence-electron chi connectivity index (χ3n) is 3.16. The molecule has 1 saturated heterocycles. The summed E-state index contributed by atoms with van der Waals surface area (Å²) >= 11 is 0. The van der Waals surface area contributed by atoms with Gasteiger partial charge in [0.1, 0.15) is 0 Å². The van der Waals surface area contributed by atoms with Gasteiger partial charge in [-0.1, -0.05) is 17.7 Å². The van der Waals surface area contributed by atoms with E-state index in [9.17, 15) is 8.42 Å². The predicted octanol–water partition coefficient (Wildman–Crippen LogP) is 1.52. The van der Waals surface area contributed by atoms with Gasteiger partial charge in [0.05, 0.1) is 23.9 Å². The van der Waals surface area contributed by atoms with Crippen LogP contribution in [0, 0.1) is 6.92 Å².